The smallest absolute Gasteiger partial charge is 0.270 e. The highest BCUT2D eigenvalue weighted by atomic mass is 19.1. The molecule has 1 unspecified atom stereocenters. The van der Waals surface area contributed by atoms with Crippen LogP contribution < -0.4 is 5.32 Å². The molecule has 0 aliphatic heterocycles. The van der Waals surface area contributed by atoms with Crippen molar-refractivity contribution in [2.24, 2.45) is 0 Å². The van der Waals surface area contributed by atoms with E-state index in [4.69, 9.17) is 0 Å². The second kappa shape index (κ2) is 6.54. The molecule has 0 aliphatic carbocycles. The van der Waals surface area contributed by atoms with Crippen LogP contribution in [0.15, 0.2) is 60.7 Å². The third kappa shape index (κ3) is 3.52. The molecule has 2 N–H and O–H groups in total. The number of carbonyl (C=O) groups is 1. The fourth-order valence-corrected chi connectivity index (χ4v) is 2.35. The summed E-state index contributed by atoms with van der Waals surface area (Å²) in [7, 11) is 0. The van der Waals surface area contributed by atoms with Crippen LogP contribution in [0.5, 0.6) is 0 Å². The predicted molar refractivity (Wildman–Crippen MR) is 85.4 cm³/mol. The Labute approximate surface area is 132 Å². The molecule has 0 radical (unpaired) electrons. The zero-order valence-corrected chi connectivity index (χ0v) is 12.2. The number of hydrogen-bond acceptors (Lipinski definition) is 3. The topological polar surface area (TPSA) is 62.2 Å². The largest absolute Gasteiger partial charge is 0.387 e. The normalized spacial score (nSPS) is 12.1. The first kappa shape index (κ1) is 15.1. The number of benzene rings is 2. The highest BCUT2D eigenvalue weighted by molar-refractivity contribution is 5.92. The molecule has 0 fully saturated rings. The first-order valence-corrected chi connectivity index (χ1v) is 7.21. The molecular weight excluding hydrogens is 295 g/mol. The number of rotatable bonds is 4. The third-order valence-corrected chi connectivity index (χ3v) is 3.56. The molecule has 0 saturated heterocycles. The maximum Gasteiger partial charge on any atom is 0.270 e. The third-order valence-electron chi connectivity index (χ3n) is 3.56. The van der Waals surface area contributed by atoms with Crippen LogP contribution in [0.25, 0.3) is 10.8 Å². The van der Waals surface area contributed by atoms with Gasteiger partial charge in [-0.1, -0.05) is 42.5 Å². The molecule has 1 amide bonds. The number of nitrogens with one attached hydrogen (secondary N) is 1. The molecule has 1 heterocycles. The SMILES string of the molecule is O=C(NCC(O)c1ccc2ccccc2c1)c1cccc(F)n1. The molecule has 5 heteroatoms. The van der Waals surface area contributed by atoms with E-state index in [1.807, 2.05) is 42.5 Å². The number of aliphatic hydroxyl groups is 1. The lowest BCUT2D eigenvalue weighted by Crippen LogP contribution is -2.29. The summed E-state index contributed by atoms with van der Waals surface area (Å²) in [6.45, 7) is 0.0232. The van der Waals surface area contributed by atoms with Gasteiger partial charge in [-0.05, 0) is 34.5 Å². The molecule has 3 rings (SSSR count). The summed E-state index contributed by atoms with van der Waals surface area (Å²) in [4.78, 5) is 15.4. The lowest BCUT2D eigenvalue weighted by Gasteiger charge is -2.13. The van der Waals surface area contributed by atoms with Crippen LogP contribution in [0.1, 0.15) is 22.2 Å². The van der Waals surface area contributed by atoms with Crippen molar-refractivity contribution in [2.75, 3.05) is 6.54 Å². The number of nitrogens with zero attached hydrogens (tertiary/aromatic N) is 1. The van der Waals surface area contributed by atoms with E-state index < -0.39 is 18.0 Å². The van der Waals surface area contributed by atoms with Crippen LogP contribution in [0, 0.1) is 5.95 Å². The number of pyridine rings is 1. The summed E-state index contributed by atoms with van der Waals surface area (Å²) < 4.78 is 13.0. The summed E-state index contributed by atoms with van der Waals surface area (Å²) in [6.07, 6.45) is -0.850. The number of halogens is 1. The Balaban J connectivity index is 1.68. The summed E-state index contributed by atoms with van der Waals surface area (Å²) in [6, 6.07) is 17.4. The van der Waals surface area contributed by atoms with Gasteiger partial charge in [0.15, 0.2) is 0 Å². The highest BCUT2D eigenvalue weighted by Gasteiger charge is 2.12. The Morgan fingerprint density at radius 2 is 1.87 bits per heavy atom. The quantitative estimate of drug-likeness (QED) is 0.728. The summed E-state index contributed by atoms with van der Waals surface area (Å²) in [5.41, 5.74) is 0.687. The standard InChI is InChI=1S/C18H15FN2O2/c19-17-7-3-6-15(21-17)18(23)20-11-16(22)14-9-8-12-4-1-2-5-13(12)10-14/h1-10,16,22H,11H2,(H,20,23). The van der Waals surface area contributed by atoms with Gasteiger partial charge in [-0.15, -0.1) is 0 Å². The molecule has 3 aromatic rings. The lowest BCUT2D eigenvalue weighted by atomic mass is 10.0. The number of hydrogen-bond donors (Lipinski definition) is 2. The zero-order chi connectivity index (χ0) is 16.2. The van der Waals surface area contributed by atoms with Gasteiger partial charge in [-0.25, -0.2) is 4.98 Å². The van der Waals surface area contributed by atoms with Gasteiger partial charge in [0.25, 0.3) is 5.91 Å². The van der Waals surface area contributed by atoms with E-state index in [2.05, 4.69) is 10.3 Å². The Kier molecular flexibility index (Phi) is 4.30. The van der Waals surface area contributed by atoms with E-state index in [9.17, 15) is 14.3 Å². The average Bonchev–Trinajstić information content (AvgIpc) is 2.59. The van der Waals surface area contributed by atoms with Crippen molar-refractivity contribution in [3.63, 3.8) is 0 Å². The average molecular weight is 310 g/mol. The van der Waals surface area contributed by atoms with Crippen molar-refractivity contribution >= 4 is 16.7 Å². The van der Waals surface area contributed by atoms with Crippen LogP contribution in [0.3, 0.4) is 0 Å². The van der Waals surface area contributed by atoms with Crippen molar-refractivity contribution in [3.8, 4) is 0 Å². The fraction of sp³-hybridized carbons (Fsp3) is 0.111. The van der Waals surface area contributed by atoms with E-state index in [0.29, 0.717) is 5.56 Å². The molecule has 1 aromatic heterocycles. The van der Waals surface area contributed by atoms with Crippen molar-refractivity contribution < 1.29 is 14.3 Å². The number of carbonyl (C=O) groups excluding carboxylic acids is 1. The van der Waals surface area contributed by atoms with Gasteiger partial charge in [0.05, 0.1) is 6.10 Å². The second-order valence-electron chi connectivity index (χ2n) is 5.18. The van der Waals surface area contributed by atoms with E-state index in [-0.39, 0.29) is 12.2 Å². The molecule has 0 spiro atoms. The molecule has 23 heavy (non-hydrogen) atoms. The lowest BCUT2D eigenvalue weighted by molar-refractivity contribution is 0.0910. The minimum absolute atomic E-state index is 0.0179. The molecule has 4 nitrogen and oxygen atoms in total. The Hall–Kier alpha value is -2.79. The van der Waals surface area contributed by atoms with E-state index in [0.717, 1.165) is 10.8 Å². The maximum atomic E-state index is 13.0. The summed E-state index contributed by atoms with van der Waals surface area (Å²) >= 11 is 0. The molecule has 1 atom stereocenters. The number of amides is 1. The van der Waals surface area contributed by atoms with Gasteiger partial charge in [-0.2, -0.15) is 4.39 Å². The van der Waals surface area contributed by atoms with Crippen LogP contribution in [0.2, 0.25) is 0 Å². The molecular formula is C18H15FN2O2. The predicted octanol–water partition coefficient (Wildman–Crippen LogP) is 2.84. The van der Waals surface area contributed by atoms with Gasteiger partial charge in [0, 0.05) is 6.54 Å². The number of aliphatic hydroxyl groups excluding tert-OH is 1. The maximum absolute atomic E-state index is 13.0. The number of aromatic nitrogens is 1. The van der Waals surface area contributed by atoms with Gasteiger partial charge < -0.3 is 10.4 Å². The first-order valence-electron chi connectivity index (χ1n) is 7.21. The van der Waals surface area contributed by atoms with Crippen LogP contribution in [-0.2, 0) is 0 Å². The van der Waals surface area contributed by atoms with E-state index >= 15 is 0 Å². The summed E-state index contributed by atoms with van der Waals surface area (Å²) in [5, 5.41) is 14.9. The van der Waals surface area contributed by atoms with Gasteiger partial charge >= 0.3 is 0 Å². The fourth-order valence-electron chi connectivity index (χ4n) is 2.35. The monoisotopic (exact) mass is 310 g/mol. The highest BCUT2D eigenvalue weighted by Crippen LogP contribution is 2.20. The van der Waals surface area contributed by atoms with Crippen molar-refractivity contribution in [1.82, 2.24) is 10.3 Å². The first-order chi connectivity index (χ1) is 11.1. The molecule has 116 valence electrons. The van der Waals surface area contributed by atoms with Crippen molar-refractivity contribution in [3.05, 3.63) is 77.9 Å². The van der Waals surface area contributed by atoms with Crippen LogP contribution in [0.4, 0.5) is 4.39 Å². The van der Waals surface area contributed by atoms with Crippen molar-refractivity contribution in [2.45, 2.75) is 6.10 Å². The van der Waals surface area contributed by atoms with E-state index in [1.165, 1.54) is 18.2 Å². The van der Waals surface area contributed by atoms with Crippen LogP contribution >= 0.6 is 0 Å². The molecule has 0 aliphatic rings. The summed E-state index contributed by atoms with van der Waals surface area (Å²) in [5.74, 6) is -1.24. The molecule has 0 saturated carbocycles. The second-order valence-corrected chi connectivity index (χ2v) is 5.18. The Morgan fingerprint density at radius 1 is 1.09 bits per heavy atom. The van der Waals surface area contributed by atoms with E-state index in [1.54, 1.807) is 0 Å². The molecule has 2 aromatic carbocycles. The molecule has 0 bridgehead atoms. The van der Waals surface area contributed by atoms with Gasteiger partial charge in [-0.3, -0.25) is 4.79 Å². The van der Waals surface area contributed by atoms with Crippen molar-refractivity contribution in [1.29, 1.82) is 0 Å². The van der Waals surface area contributed by atoms with Gasteiger partial charge in [0.2, 0.25) is 5.95 Å². The zero-order valence-electron chi connectivity index (χ0n) is 12.2. The van der Waals surface area contributed by atoms with Crippen LogP contribution in [-0.4, -0.2) is 22.5 Å². The van der Waals surface area contributed by atoms with Gasteiger partial charge in [0.1, 0.15) is 5.69 Å². The number of fused-ring (bicyclic) bond motifs is 1. The Bertz CT molecular complexity index is 851. The minimum Gasteiger partial charge on any atom is -0.387 e. The Morgan fingerprint density at radius 3 is 2.65 bits per heavy atom. The minimum atomic E-state index is -0.850.